The van der Waals surface area contributed by atoms with E-state index in [0.29, 0.717) is 5.82 Å². The fourth-order valence-electron chi connectivity index (χ4n) is 1.75. The van der Waals surface area contributed by atoms with E-state index < -0.39 is 0 Å². The summed E-state index contributed by atoms with van der Waals surface area (Å²) in [4.78, 5) is 9.20. The lowest BCUT2D eigenvalue weighted by molar-refractivity contribution is 0.966. The summed E-state index contributed by atoms with van der Waals surface area (Å²) in [5, 5.41) is 15.6. The molecule has 0 N–H and O–H groups in total. The van der Waals surface area contributed by atoms with Crippen LogP contribution in [-0.2, 0) is 0 Å². The van der Waals surface area contributed by atoms with E-state index in [1.54, 1.807) is 16.9 Å². The summed E-state index contributed by atoms with van der Waals surface area (Å²) in [5.41, 5.74) is 1.73. The molecule has 0 unspecified atom stereocenters. The maximum absolute atomic E-state index is 4.54. The van der Waals surface area contributed by atoms with E-state index in [4.69, 9.17) is 0 Å². The highest BCUT2D eigenvalue weighted by molar-refractivity contribution is 9.11. The van der Waals surface area contributed by atoms with Crippen molar-refractivity contribution in [3.05, 3.63) is 33.8 Å². The monoisotopic (exact) mass is 364 g/mol. The molecule has 4 heterocycles. The molecular formula is C11H5BrN6S2. The van der Waals surface area contributed by atoms with Gasteiger partial charge in [-0.2, -0.15) is 9.61 Å². The SMILES string of the molecule is Brc1nc(-c2nn3c(-c4cccnc4)nnc3s2)cs1. The van der Waals surface area contributed by atoms with E-state index in [0.717, 1.165) is 25.1 Å². The Balaban J connectivity index is 1.87. The summed E-state index contributed by atoms with van der Waals surface area (Å²) >= 11 is 6.35. The second-order valence-electron chi connectivity index (χ2n) is 3.85. The third-order valence-electron chi connectivity index (χ3n) is 2.61. The van der Waals surface area contributed by atoms with Crippen molar-refractivity contribution in [2.75, 3.05) is 0 Å². The fraction of sp³-hybridized carbons (Fsp3) is 0. The Hall–Kier alpha value is -1.71. The summed E-state index contributed by atoms with van der Waals surface area (Å²) in [7, 11) is 0. The predicted molar refractivity (Wildman–Crippen MR) is 80.7 cm³/mol. The number of halogens is 1. The highest BCUT2D eigenvalue weighted by Gasteiger charge is 2.15. The molecule has 0 saturated heterocycles. The Morgan fingerprint density at radius 3 is 2.95 bits per heavy atom. The summed E-state index contributed by atoms with van der Waals surface area (Å²) < 4.78 is 2.57. The number of thiazole rings is 1. The van der Waals surface area contributed by atoms with Gasteiger partial charge < -0.3 is 0 Å². The molecule has 0 amide bonds. The van der Waals surface area contributed by atoms with Crippen molar-refractivity contribution in [1.29, 1.82) is 0 Å². The topological polar surface area (TPSA) is 68.9 Å². The minimum absolute atomic E-state index is 0.685. The van der Waals surface area contributed by atoms with Crippen LogP contribution in [0.15, 0.2) is 33.8 Å². The Bertz CT molecular complexity index is 881. The van der Waals surface area contributed by atoms with Gasteiger partial charge in [0.1, 0.15) is 5.69 Å². The zero-order valence-corrected chi connectivity index (χ0v) is 13.0. The van der Waals surface area contributed by atoms with E-state index in [1.165, 1.54) is 22.7 Å². The first-order valence-corrected chi connectivity index (χ1v) is 8.04. The van der Waals surface area contributed by atoms with Crippen LogP contribution in [0.3, 0.4) is 0 Å². The maximum atomic E-state index is 4.54. The van der Waals surface area contributed by atoms with E-state index >= 15 is 0 Å². The molecule has 0 fully saturated rings. The molecule has 0 bridgehead atoms. The van der Waals surface area contributed by atoms with Gasteiger partial charge >= 0.3 is 0 Å². The van der Waals surface area contributed by atoms with Crippen molar-refractivity contribution in [2.45, 2.75) is 0 Å². The van der Waals surface area contributed by atoms with Crippen LogP contribution < -0.4 is 0 Å². The molecule has 0 aliphatic rings. The van der Waals surface area contributed by atoms with Crippen LogP contribution in [0.4, 0.5) is 0 Å². The number of aromatic nitrogens is 6. The van der Waals surface area contributed by atoms with Crippen molar-refractivity contribution in [2.24, 2.45) is 0 Å². The second-order valence-corrected chi connectivity index (χ2v) is 6.94. The van der Waals surface area contributed by atoms with Gasteiger partial charge in [-0.3, -0.25) is 4.98 Å². The van der Waals surface area contributed by atoms with Crippen molar-refractivity contribution >= 4 is 43.6 Å². The van der Waals surface area contributed by atoms with E-state index in [9.17, 15) is 0 Å². The molecule has 4 aromatic heterocycles. The number of pyridine rings is 1. The third-order valence-corrected chi connectivity index (χ3v) is 4.89. The Morgan fingerprint density at radius 1 is 1.25 bits per heavy atom. The molecule has 98 valence electrons. The van der Waals surface area contributed by atoms with E-state index in [-0.39, 0.29) is 0 Å². The van der Waals surface area contributed by atoms with Crippen LogP contribution >= 0.6 is 38.6 Å². The lowest BCUT2D eigenvalue weighted by atomic mass is 10.3. The fourth-order valence-corrected chi connectivity index (χ4v) is 3.62. The first-order valence-electron chi connectivity index (χ1n) is 5.55. The zero-order valence-electron chi connectivity index (χ0n) is 9.76. The van der Waals surface area contributed by atoms with Crippen LogP contribution in [0, 0.1) is 0 Å². The van der Waals surface area contributed by atoms with Gasteiger partial charge in [0.25, 0.3) is 0 Å². The Morgan fingerprint density at radius 2 is 2.20 bits per heavy atom. The average molecular weight is 365 g/mol. The van der Waals surface area contributed by atoms with E-state index in [1.807, 2.05) is 17.5 Å². The van der Waals surface area contributed by atoms with Gasteiger partial charge in [0, 0.05) is 23.3 Å². The standard InChI is InChI=1S/C11H5BrN6S2/c12-10-14-7(5-19-10)9-17-18-8(15-16-11(18)20-9)6-2-1-3-13-4-6/h1-5H. The largest absolute Gasteiger partial charge is 0.264 e. The molecule has 20 heavy (non-hydrogen) atoms. The van der Waals surface area contributed by atoms with Crippen molar-refractivity contribution < 1.29 is 0 Å². The molecular weight excluding hydrogens is 360 g/mol. The maximum Gasteiger partial charge on any atom is 0.235 e. The second kappa shape index (κ2) is 4.69. The highest BCUT2D eigenvalue weighted by Crippen LogP contribution is 2.29. The van der Waals surface area contributed by atoms with Crippen LogP contribution in [0.5, 0.6) is 0 Å². The lowest BCUT2D eigenvalue weighted by Crippen LogP contribution is -1.91. The van der Waals surface area contributed by atoms with Crippen LogP contribution in [0.2, 0.25) is 0 Å². The minimum atomic E-state index is 0.685. The summed E-state index contributed by atoms with van der Waals surface area (Å²) in [6.07, 6.45) is 3.47. The molecule has 0 saturated carbocycles. The van der Waals surface area contributed by atoms with Gasteiger partial charge in [-0.05, 0) is 28.1 Å². The van der Waals surface area contributed by atoms with Gasteiger partial charge in [-0.25, -0.2) is 4.98 Å². The minimum Gasteiger partial charge on any atom is -0.264 e. The number of nitrogens with zero attached hydrogens (tertiary/aromatic N) is 6. The van der Waals surface area contributed by atoms with Crippen molar-refractivity contribution in [3.8, 4) is 22.1 Å². The molecule has 0 radical (unpaired) electrons. The van der Waals surface area contributed by atoms with Crippen molar-refractivity contribution in [3.63, 3.8) is 0 Å². The molecule has 6 nitrogen and oxygen atoms in total. The molecule has 4 rings (SSSR count). The summed E-state index contributed by atoms with van der Waals surface area (Å²) in [5.74, 6) is 0.685. The van der Waals surface area contributed by atoms with Crippen LogP contribution in [0.25, 0.3) is 27.1 Å². The Labute approximate surface area is 129 Å². The van der Waals surface area contributed by atoms with Crippen LogP contribution in [-0.4, -0.2) is 29.8 Å². The predicted octanol–water partition coefficient (Wildman–Crippen LogP) is 3.13. The third kappa shape index (κ3) is 1.94. The number of fused-ring (bicyclic) bond motifs is 1. The number of rotatable bonds is 2. The summed E-state index contributed by atoms with van der Waals surface area (Å²) in [6, 6.07) is 3.79. The van der Waals surface area contributed by atoms with Gasteiger partial charge in [-0.15, -0.1) is 21.5 Å². The van der Waals surface area contributed by atoms with Crippen LogP contribution in [0.1, 0.15) is 0 Å². The first kappa shape index (κ1) is 12.1. The van der Waals surface area contributed by atoms with Gasteiger partial charge in [0.15, 0.2) is 14.7 Å². The molecule has 9 heteroatoms. The van der Waals surface area contributed by atoms with Gasteiger partial charge in [-0.1, -0.05) is 11.3 Å². The summed E-state index contributed by atoms with van der Waals surface area (Å²) in [6.45, 7) is 0. The van der Waals surface area contributed by atoms with Gasteiger partial charge in [0.2, 0.25) is 4.96 Å². The van der Waals surface area contributed by atoms with Crippen molar-refractivity contribution in [1.82, 2.24) is 29.8 Å². The first-order chi connectivity index (χ1) is 9.81. The number of hydrogen-bond donors (Lipinski definition) is 0. The lowest BCUT2D eigenvalue weighted by Gasteiger charge is -1.94. The molecule has 0 aromatic carbocycles. The Kier molecular flexibility index (Phi) is 2.83. The highest BCUT2D eigenvalue weighted by atomic mass is 79.9. The molecule has 0 aliphatic heterocycles. The molecule has 0 atom stereocenters. The quantitative estimate of drug-likeness (QED) is 0.546. The normalized spacial score (nSPS) is 11.2. The zero-order chi connectivity index (χ0) is 13.5. The van der Waals surface area contributed by atoms with Gasteiger partial charge in [0.05, 0.1) is 0 Å². The molecule has 0 aliphatic carbocycles. The molecule has 0 spiro atoms. The molecule has 4 aromatic rings. The average Bonchev–Trinajstić information content (AvgIpc) is 3.13. The number of hydrogen-bond acceptors (Lipinski definition) is 7. The smallest absolute Gasteiger partial charge is 0.235 e. The van der Waals surface area contributed by atoms with E-state index in [2.05, 4.69) is 41.2 Å².